The molecule has 5 nitrogen and oxygen atoms in total. The average molecular weight is 223 g/mol. The first-order valence-corrected chi connectivity index (χ1v) is 5.76. The molecule has 0 spiro atoms. The van der Waals surface area contributed by atoms with E-state index in [2.05, 4.69) is 26.9 Å². The SMILES string of the molecule is CC(CN)CSc1ncnc2nc[nH]c12. The lowest BCUT2D eigenvalue weighted by molar-refractivity contribution is 0.675. The van der Waals surface area contributed by atoms with Crippen LogP contribution in [0, 0.1) is 5.92 Å². The molecule has 2 aromatic rings. The number of nitrogens with two attached hydrogens (primary N) is 1. The molecular formula is C9H13N5S. The molecule has 0 bridgehead atoms. The number of rotatable bonds is 4. The van der Waals surface area contributed by atoms with Gasteiger partial charge in [-0.1, -0.05) is 6.92 Å². The number of nitrogens with zero attached hydrogens (tertiary/aromatic N) is 3. The van der Waals surface area contributed by atoms with Gasteiger partial charge in [-0.3, -0.25) is 0 Å². The molecule has 2 rings (SSSR count). The van der Waals surface area contributed by atoms with Crippen molar-refractivity contribution in [2.75, 3.05) is 12.3 Å². The third kappa shape index (κ3) is 2.27. The molecule has 0 aromatic carbocycles. The topological polar surface area (TPSA) is 80.5 Å². The lowest BCUT2D eigenvalue weighted by atomic mass is 10.2. The van der Waals surface area contributed by atoms with Crippen LogP contribution >= 0.6 is 11.8 Å². The first kappa shape index (κ1) is 10.4. The molecule has 2 heterocycles. The highest BCUT2D eigenvalue weighted by Crippen LogP contribution is 2.23. The minimum absolute atomic E-state index is 0.489. The molecule has 6 heteroatoms. The summed E-state index contributed by atoms with van der Waals surface area (Å²) in [4.78, 5) is 15.4. The molecule has 15 heavy (non-hydrogen) atoms. The first-order valence-electron chi connectivity index (χ1n) is 4.78. The second-order valence-corrected chi connectivity index (χ2v) is 4.44. The highest BCUT2D eigenvalue weighted by atomic mass is 32.2. The predicted molar refractivity (Wildman–Crippen MR) is 60.6 cm³/mol. The van der Waals surface area contributed by atoms with Gasteiger partial charge >= 0.3 is 0 Å². The Labute approximate surface area is 91.9 Å². The normalized spacial score (nSPS) is 13.2. The van der Waals surface area contributed by atoms with Crippen molar-refractivity contribution in [3.8, 4) is 0 Å². The molecule has 1 atom stereocenters. The van der Waals surface area contributed by atoms with Crippen molar-refractivity contribution in [3.63, 3.8) is 0 Å². The van der Waals surface area contributed by atoms with E-state index in [-0.39, 0.29) is 0 Å². The van der Waals surface area contributed by atoms with E-state index in [4.69, 9.17) is 5.73 Å². The number of H-pyrrole nitrogens is 1. The van der Waals surface area contributed by atoms with Gasteiger partial charge in [-0.05, 0) is 12.5 Å². The van der Waals surface area contributed by atoms with Gasteiger partial charge in [0, 0.05) is 5.75 Å². The summed E-state index contributed by atoms with van der Waals surface area (Å²) in [6.07, 6.45) is 3.17. The van der Waals surface area contributed by atoms with Crippen LogP contribution in [0.1, 0.15) is 6.92 Å². The van der Waals surface area contributed by atoms with Crippen molar-refractivity contribution >= 4 is 22.9 Å². The predicted octanol–water partition coefficient (Wildman–Crippen LogP) is 1.04. The zero-order valence-corrected chi connectivity index (χ0v) is 9.29. The number of hydrogen-bond donors (Lipinski definition) is 2. The Bertz CT molecular complexity index is 441. The van der Waals surface area contributed by atoms with Gasteiger partial charge < -0.3 is 10.7 Å². The quantitative estimate of drug-likeness (QED) is 0.598. The largest absolute Gasteiger partial charge is 0.341 e. The van der Waals surface area contributed by atoms with E-state index >= 15 is 0 Å². The Morgan fingerprint density at radius 1 is 1.47 bits per heavy atom. The lowest BCUT2D eigenvalue weighted by Crippen LogP contribution is -2.12. The number of imidazole rings is 1. The number of aromatic amines is 1. The van der Waals surface area contributed by atoms with Crippen molar-refractivity contribution in [3.05, 3.63) is 12.7 Å². The highest BCUT2D eigenvalue weighted by molar-refractivity contribution is 7.99. The smallest absolute Gasteiger partial charge is 0.181 e. The first-order chi connectivity index (χ1) is 7.31. The van der Waals surface area contributed by atoms with Crippen LogP contribution in [0.4, 0.5) is 0 Å². The number of fused-ring (bicyclic) bond motifs is 1. The summed E-state index contributed by atoms with van der Waals surface area (Å²) in [5, 5.41) is 0.942. The fourth-order valence-corrected chi connectivity index (χ4v) is 2.14. The molecule has 0 aliphatic heterocycles. The van der Waals surface area contributed by atoms with Crippen LogP contribution in [0.25, 0.3) is 11.2 Å². The van der Waals surface area contributed by atoms with Crippen LogP contribution in [0.15, 0.2) is 17.7 Å². The highest BCUT2D eigenvalue weighted by Gasteiger charge is 2.07. The number of thioether (sulfide) groups is 1. The molecule has 0 amide bonds. The van der Waals surface area contributed by atoms with E-state index in [1.165, 1.54) is 0 Å². The van der Waals surface area contributed by atoms with Crippen molar-refractivity contribution in [2.24, 2.45) is 11.7 Å². The van der Waals surface area contributed by atoms with E-state index in [0.717, 1.165) is 16.3 Å². The van der Waals surface area contributed by atoms with E-state index in [1.54, 1.807) is 24.4 Å². The van der Waals surface area contributed by atoms with Crippen LogP contribution in [0.5, 0.6) is 0 Å². The lowest BCUT2D eigenvalue weighted by Gasteiger charge is -2.06. The number of hydrogen-bond acceptors (Lipinski definition) is 5. The minimum atomic E-state index is 0.489. The molecule has 0 aliphatic rings. The van der Waals surface area contributed by atoms with Crippen LogP contribution in [0.2, 0.25) is 0 Å². The van der Waals surface area contributed by atoms with Gasteiger partial charge in [-0.2, -0.15) is 0 Å². The van der Waals surface area contributed by atoms with Crippen molar-refractivity contribution in [2.45, 2.75) is 11.9 Å². The molecular weight excluding hydrogens is 210 g/mol. The molecule has 0 aliphatic carbocycles. The van der Waals surface area contributed by atoms with Gasteiger partial charge in [0.05, 0.1) is 6.33 Å². The summed E-state index contributed by atoms with van der Waals surface area (Å²) >= 11 is 1.68. The van der Waals surface area contributed by atoms with E-state index < -0.39 is 0 Å². The summed E-state index contributed by atoms with van der Waals surface area (Å²) in [5.41, 5.74) is 7.19. The van der Waals surface area contributed by atoms with Gasteiger partial charge in [0.2, 0.25) is 0 Å². The fourth-order valence-electron chi connectivity index (χ4n) is 1.14. The summed E-state index contributed by atoms with van der Waals surface area (Å²) in [6, 6.07) is 0. The van der Waals surface area contributed by atoms with E-state index in [0.29, 0.717) is 18.1 Å². The zero-order valence-electron chi connectivity index (χ0n) is 8.47. The molecule has 0 fully saturated rings. The van der Waals surface area contributed by atoms with E-state index in [9.17, 15) is 0 Å². The maximum atomic E-state index is 5.56. The third-order valence-corrected chi connectivity index (χ3v) is 3.41. The van der Waals surface area contributed by atoms with Gasteiger partial charge in [-0.25, -0.2) is 15.0 Å². The van der Waals surface area contributed by atoms with Crippen LogP contribution in [-0.4, -0.2) is 32.2 Å². The fraction of sp³-hybridized carbons (Fsp3) is 0.444. The van der Waals surface area contributed by atoms with Crippen molar-refractivity contribution in [1.82, 2.24) is 19.9 Å². The second kappa shape index (κ2) is 4.59. The maximum Gasteiger partial charge on any atom is 0.181 e. The molecule has 0 saturated heterocycles. The van der Waals surface area contributed by atoms with Gasteiger partial charge in [0.1, 0.15) is 16.9 Å². The number of nitrogens with one attached hydrogen (secondary N) is 1. The molecule has 80 valence electrons. The average Bonchev–Trinajstić information content (AvgIpc) is 2.74. The van der Waals surface area contributed by atoms with Crippen molar-refractivity contribution in [1.29, 1.82) is 0 Å². The Morgan fingerprint density at radius 2 is 2.33 bits per heavy atom. The zero-order chi connectivity index (χ0) is 10.7. The Morgan fingerprint density at radius 3 is 3.13 bits per heavy atom. The molecule has 3 N–H and O–H groups in total. The third-order valence-electron chi connectivity index (χ3n) is 2.10. The molecule has 0 saturated carbocycles. The van der Waals surface area contributed by atoms with Crippen molar-refractivity contribution < 1.29 is 0 Å². The Balaban J connectivity index is 2.17. The summed E-state index contributed by atoms with van der Waals surface area (Å²) in [7, 11) is 0. The van der Waals surface area contributed by atoms with Gasteiger partial charge in [-0.15, -0.1) is 11.8 Å². The molecule has 1 unspecified atom stereocenters. The Hall–Kier alpha value is -1.14. The summed E-state index contributed by atoms with van der Waals surface area (Å²) < 4.78 is 0. The Kier molecular flexibility index (Phi) is 3.17. The minimum Gasteiger partial charge on any atom is -0.341 e. The van der Waals surface area contributed by atoms with Crippen LogP contribution in [0.3, 0.4) is 0 Å². The second-order valence-electron chi connectivity index (χ2n) is 3.43. The molecule has 2 aromatic heterocycles. The summed E-state index contributed by atoms with van der Waals surface area (Å²) in [5.74, 6) is 1.45. The van der Waals surface area contributed by atoms with Crippen LogP contribution < -0.4 is 5.73 Å². The van der Waals surface area contributed by atoms with Gasteiger partial charge in [0.15, 0.2) is 5.65 Å². The summed E-state index contributed by atoms with van der Waals surface area (Å²) in [6.45, 7) is 2.82. The maximum absolute atomic E-state index is 5.56. The standard InChI is InChI=1S/C9H13N5S/c1-6(2-10)3-15-9-7-8(12-4-11-7)13-5-14-9/h4-6H,2-3,10H2,1H3,(H,11,12,13,14). The van der Waals surface area contributed by atoms with E-state index in [1.807, 2.05) is 0 Å². The number of aromatic nitrogens is 4. The molecule has 0 radical (unpaired) electrons. The van der Waals surface area contributed by atoms with Crippen LogP contribution in [-0.2, 0) is 0 Å². The van der Waals surface area contributed by atoms with Gasteiger partial charge in [0.25, 0.3) is 0 Å². The monoisotopic (exact) mass is 223 g/mol.